The van der Waals surface area contributed by atoms with Crippen molar-refractivity contribution in [1.29, 1.82) is 0 Å². The maximum atomic E-state index is 4.41. The van der Waals surface area contributed by atoms with Gasteiger partial charge in [0.1, 0.15) is 11.6 Å². The second-order valence-corrected chi connectivity index (χ2v) is 7.67. The van der Waals surface area contributed by atoms with Gasteiger partial charge in [0.15, 0.2) is 0 Å². The van der Waals surface area contributed by atoms with Crippen LogP contribution < -0.4 is 5.32 Å². The Morgan fingerprint density at radius 3 is 2.55 bits per heavy atom. The molecule has 4 rings (SSSR count). The normalized spacial score (nSPS) is 11.4. The van der Waals surface area contributed by atoms with Crippen LogP contribution in [0.1, 0.15) is 42.2 Å². The van der Waals surface area contributed by atoms with Crippen molar-refractivity contribution in [2.75, 3.05) is 11.9 Å². The van der Waals surface area contributed by atoms with E-state index in [9.17, 15) is 0 Å². The largest absolute Gasteiger partial charge is 0.384 e. The Bertz CT molecular complexity index is 1200. The van der Waals surface area contributed by atoms with Gasteiger partial charge in [-0.1, -0.05) is 25.1 Å². The molecule has 5 nitrogen and oxygen atoms in total. The zero-order valence-corrected chi connectivity index (χ0v) is 18.1. The van der Waals surface area contributed by atoms with Gasteiger partial charge in [0.25, 0.3) is 0 Å². The first-order valence-corrected chi connectivity index (χ1v) is 10.3. The van der Waals surface area contributed by atoms with Crippen LogP contribution in [0.4, 0.5) is 5.69 Å². The van der Waals surface area contributed by atoms with E-state index in [-0.39, 0.29) is 0 Å². The van der Waals surface area contributed by atoms with Crippen LogP contribution in [0.15, 0.2) is 30.5 Å². The molecular formula is C24H29N5. The van der Waals surface area contributed by atoms with Crippen molar-refractivity contribution in [2.45, 2.75) is 48.0 Å². The highest BCUT2D eigenvalue weighted by Gasteiger charge is 2.21. The van der Waals surface area contributed by atoms with Crippen LogP contribution in [0.25, 0.3) is 27.7 Å². The van der Waals surface area contributed by atoms with Crippen molar-refractivity contribution in [2.24, 2.45) is 0 Å². The minimum absolute atomic E-state index is 0.834. The number of benzene rings is 2. The molecule has 2 heterocycles. The number of hydrogen-bond donors (Lipinski definition) is 2. The first-order valence-electron chi connectivity index (χ1n) is 10.3. The molecule has 5 heteroatoms. The van der Waals surface area contributed by atoms with Gasteiger partial charge in [-0.3, -0.25) is 4.57 Å². The monoisotopic (exact) mass is 387 g/mol. The number of anilines is 1. The van der Waals surface area contributed by atoms with Crippen LogP contribution in [0.5, 0.6) is 0 Å². The van der Waals surface area contributed by atoms with E-state index in [0.717, 1.165) is 36.0 Å². The van der Waals surface area contributed by atoms with Crippen molar-refractivity contribution < 1.29 is 0 Å². The van der Waals surface area contributed by atoms with Crippen LogP contribution in [-0.2, 0) is 6.42 Å². The number of fused-ring (bicyclic) bond motifs is 1. The van der Waals surface area contributed by atoms with Gasteiger partial charge >= 0.3 is 0 Å². The van der Waals surface area contributed by atoms with E-state index in [1.54, 1.807) is 0 Å². The van der Waals surface area contributed by atoms with Gasteiger partial charge in [0, 0.05) is 30.1 Å². The predicted molar refractivity (Wildman–Crippen MR) is 121 cm³/mol. The van der Waals surface area contributed by atoms with Gasteiger partial charge in [-0.15, -0.1) is 10.2 Å². The molecule has 0 aliphatic rings. The summed E-state index contributed by atoms with van der Waals surface area (Å²) in [6.45, 7) is 13.7. The van der Waals surface area contributed by atoms with Crippen LogP contribution in [0, 0.1) is 27.7 Å². The number of aromatic amines is 1. The number of hydrogen-bond acceptors (Lipinski definition) is 3. The molecule has 29 heavy (non-hydrogen) atoms. The number of rotatable bonds is 5. The molecule has 2 aromatic heterocycles. The molecular weight excluding hydrogens is 358 g/mol. The molecule has 0 bridgehead atoms. The van der Waals surface area contributed by atoms with Gasteiger partial charge in [-0.05, 0) is 62.9 Å². The lowest BCUT2D eigenvalue weighted by atomic mass is 9.91. The third-order valence-corrected chi connectivity index (χ3v) is 5.73. The quantitative estimate of drug-likeness (QED) is 0.466. The van der Waals surface area contributed by atoms with Gasteiger partial charge in [0.2, 0.25) is 0 Å². The summed E-state index contributed by atoms with van der Waals surface area (Å²) >= 11 is 0. The Morgan fingerprint density at radius 1 is 1.03 bits per heavy atom. The summed E-state index contributed by atoms with van der Waals surface area (Å²) in [5.74, 6) is 1.89. The highest BCUT2D eigenvalue weighted by Crippen LogP contribution is 2.40. The first kappa shape index (κ1) is 19.2. The lowest BCUT2D eigenvalue weighted by Gasteiger charge is -2.22. The maximum absolute atomic E-state index is 4.41. The summed E-state index contributed by atoms with van der Waals surface area (Å²) in [6, 6.07) is 8.80. The molecule has 2 aromatic carbocycles. The molecule has 0 aliphatic carbocycles. The van der Waals surface area contributed by atoms with Gasteiger partial charge < -0.3 is 10.3 Å². The Labute approximate surface area is 172 Å². The van der Waals surface area contributed by atoms with Crippen LogP contribution >= 0.6 is 0 Å². The minimum atomic E-state index is 0.834. The molecule has 0 saturated heterocycles. The summed E-state index contributed by atoms with van der Waals surface area (Å²) in [6.07, 6.45) is 2.92. The van der Waals surface area contributed by atoms with Gasteiger partial charge in [-0.2, -0.15) is 0 Å². The molecule has 0 spiro atoms. The third kappa shape index (κ3) is 3.01. The van der Waals surface area contributed by atoms with Gasteiger partial charge in [-0.25, -0.2) is 0 Å². The summed E-state index contributed by atoms with van der Waals surface area (Å²) < 4.78 is 2.20. The number of para-hydroxylation sites is 1. The van der Waals surface area contributed by atoms with Gasteiger partial charge in [0.05, 0.1) is 16.9 Å². The number of nitrogens with one attached hydrogen (secondary N) is 2. The number of H-pyrrole nitrogens is 1. The zero-order valence-electron chi connectivity index (χ0n) is 18.1. The summed E-state index contributed by atoms with van der Waals surface area (Å²) in [7, 11) is 0. The summed E-state index contributed by atoms with van der Waals surface area (Å²) in [5.41, 5.74) is 9.72. The molecule has 0 radical (unpaired) electrons. The van der Waals surface area contributed by atoms with E-state index in [4.69, 9.17) is 0 Å². The molecule has 2 N–H and O–H groups in total. The predicted octanol–water partition coefficient (Wildman–Crippen LogP) is 5.64. The average molecular weight is 388 g/mol. The summed E-state index contributed by atoms with van der Waals surface area (Å²) in [4.78, 5) is 3.49. The van der Waals surface area contributed by atoms with E-state index in [1.807, 2.05) is 6.92 Å². The zero-order chi connectivity index (χ0) is 20.7. The van der Waals surface area contributed by atoms with E-state index in [1.165, 1.54) is 38.7 Å². The highest BCUT2D eigenvalue weighted by molar-refractivity contribution is 5.98. The van der Waals surface area contributed by atoms with Crippen molar-refractivity contribution in [3.05, 3.63) is 58.8 Å². The van der Waals surface area contributed by atoms with Crippen molar-refractivity contribution in [1.82, 2.24) is 19.7 Å². The lowest BCUT2D eigenvalue weighted by molar-refractivity contribution is 0.866. The fourth-order valence-electron chi connectivity index (χ4n) is 4.43. The molecule has 0 saturated carbocycles. The molecule has 0 unspecified atom stereocenters. The van der Waals surface area contributed by atoms with Crippen molar-refractivity contribution in [3.63, 3.8) is 0 Å². The maximum Gasteiger partial charge on any atom is 0.137 e. The summed E-state index contributed by atoms with van der Waals surface area (Å²) in [5, 5.41) is 13.6. The smallest absolute Gasteiger partial charge is 0.137 e. The minimum Gasteiger partial charge on any atom is -0.384 e. The second-order valence-electron chi connectivity index (χ2n) is 7.67. The fraction of sp³-hybridized carbons (Fsp3) is 0.333. The van der Waals surface area contributed by atoms with Crippen molar-refractivity contribution in [3.8, 4) is 16.8 Å². The van der Waals surface area contributed by atoms with Crippen molar-refractivity contribution >= 4 is 16.6 Å². The molecule has 0 atom stereocenters. The molecule has 0 fully saturated rings. The number of aryl methyl sites for hydroxylation is 4. The van der Waals surface area contributed by atoms with Crippen LogP contribution in [0.2, 0.25) is 0 Å². The lowest BCUT2D eigenvalue weighted by Crippen LogP contribution is -2.11. The Morgan fingerprint density at radius 2 is 1.83 bits per heavy atom. The number of nitrogens with zero attached hydrogens (tertiary/aromatic N) is 3. The molecule has 0 amide bonds. The SMILES string of the molecule is CCNc1cc(C)c(-c2cccc3c(C)c[nH]c23)c(C)c1-n1c(C)nnc1CC. The van der Waals surface area contributed by atoms with Crippen LogP contribution in [-0.4, -0.2) is 26.3 Å². The van der Waals surface area contributed by atoms with Crippen LogP contribution in [0.3, 0.4) is 0 Å². The first-order chi connectivity index (χ1) is 14.0. The Balaban J connectivity index is 2.08. The highest BCUT2D eigenvalue weighted by atomic mass is 15.3. The van der Waals surface area contributed by atoms with E-state index in [0.29, 0.717) is 0 Å². The van der Waals surface area contributed by atoms with E-state index < -0.39 is 0 Å². The van der Waals surface area contributed by atoms with E-state index >= 15 is 0 Å². The topological polar surface area (TPSA) is 58.5 Å². The third-order valence-electron chi connectivity index (χ3n) is 5.73. The molecule has 4 aromatic rings. The Hall–Kier alpha value is -3.08. The second kappa shape index (κ2) is 7.39. The fourth-order valence-corrected chi connectivity index (χ4v) is 4.43. The average Bonchev–Trinajstić information content (AvgIpc) is 3.26. The standard InChI is InChI=1S/C24H29N5/c1-7-21-28-27-17(6)29(21)24-16(5)22(14(3)12-20(24)25-8-2)19-11-9-10-18-15(4)13-26-23(18)19/h9-13,25-26H,7-8H2,1-6H3. The molecule has 0 aliphatic heterocycles. The molecule has 150 valence electrons. The van der Waals surface area contributed by atoms with E-state index in [2.05, 4.69) is 90.1 Å². The number of aromatic nitrogens is 4. The Kier molecular flexibility index (Phi) is 4.91.